The highest BCUT2D eigenvalue weighted by Gasteiger charge is 2.40. The second kappa shape index (κ2) is 8.35. The van der Waals surface area contributed by atoms with Crippen molar-refractivity contribution in [2.24, 2.45) is 23.5 Å². The maximum absolute atomic E-state index is 12.5. The van der Waals surface area contributed by atoms with Crippen LogP contribution in [0.15, 0.2) is 16.3 Å². The minimum atomic E-state index is -3.41. The summed E-state index contributed by atoms with van der Waals surface area (Å²) in [6.07, 6.45) is 5.27. The molecule has 1 aromatic heterocycles. The summed E-state index contributed by atoms with van der Waals surface area (Å²) in [7, 11) is -2.02. The molecule has 2 bridgehead atoms. The minimum absolute atomic E-state index is 0. The van der Waals surface area contributed by atoms with Crippen LogP contribution in [-0.4, -0.2) is 27.4 Å². The van der Waals surface area contributed by atoms with Crippen LogP contribution in [0, 0.1) is 17.8 Å². The zero-order chi connectivity index (χ0) is 17.3. The van der Waals surface area contributed by atoms with E-state index < -0.39 is 10.0 Å². The van der Waals surface area contributed by atoms with Crippen molar-refractivity contribution < 1.29 is 13.2 Å². The summed E-state index contributed by atoms with van der Waals surface area (Å²) in [5.41, 5.74) is 6.28. The molecule has 0 aliphatic heterocycles. The standard InChI is InChI=1S/C16H25N3O3S2.ClH/c1-18-24(21,22)14-6-5-13(23-14)9-19-16(20)12-7-10-3-2-4-11(8-12)15(10)17;/h5-6,10-12,15,18H,2-4,7-9,17H2,1H3,(H,19,20);1H. The third kappa shape index (κ3) is 4.54. The number of fused-ring (bicyclic) bond motifs is 2. The third-order valence-corrected chi connectivity index (χ3v) is 8.38. The molecular formula is C16H26ClN3O3S2. The molecule has 1 amide bonds. The van der Waals surface area contributed by atoms with Crippen LogP contribution in [0.1, 0.15) is 37.0 Å². The number of nitrogens with one attached hydrogen (secondary N) is 2. The van der Waals surface area contributed by atoms with Crippen molar-refractivity contribution in [3.8, 4) is 0 Å². The first kappa shape index (κ1) is 20.6. The molecule has 2 saturated carbocycles. The Morgan fingerprint density at radius 2 is 1.92 bits per heavy atom. The van der Waals surface area contributed by atoms with Crippen LogP contribution in [0.2, 0.25) is 0 Å². The van der Waals surface area contributed by atoms with E-state index in [0.29, 0.717) is 18.4 Å². The maximum Gasteiger partial charge on any atom is 0.249 e. The zero-order valence-electron chi connectivity index (χ0n) is 14.2. The molecule has 2 aliphatic rings. The van der Waals surface area contributed by atoms with E-state index >= 15 is 0 Å². The number of sulfonamides is 1. The van der Waals surface area contributed by atoms with Crippen molar-refractivity contribution in [1.82, 2.24) is 10.0 Å². The summed E-state index contributed by atoms with van der Waals surface area (Å²) < 4.78 is 26.1. The topological polar surface area (TPSA) is 101 Å². The van der Waals surface area contributed by atoms with Crippen LogP contribution in [0.3, 0.4) is 0 Å². The Morgan fingerprint density at radius 3 is 2.52 bits per heavy atom. The number of amides is 1. The van der Waals surface area contributed by atoms with Gasteiger partial charge in [-0.25, -0.2) is 13.1 Å². The lowest BCUT2D eigenvalue weighted by Gasteiger charge is -2.43. The molecule has 3 rings (SSSR count). The van der Waals surface area contributed by atoms with E-state index in [1.807, 2.05) is 0 Å². The van der Waals surface area contributed by atoms with Crippen LogP contribution < -0.4 is 15.8 Å². The molecule has 0 aromatic carbocycles. The molecule has 9 heteroatoms. The van der Waals surface area contributed by atoms with Crippen molar-refractivity contribution in [2.45, 2.75) is 48.9 Å². The lowest BCUT2D eigenvalue weighted by Crippen LogP contribution is -2.49. The van der Waals surface area contributed by atoms with Gasteiger partial charge >= 0.3 is 0 Å². The summed E-state index contributed by atoms with van der Waals surface area (Å²) in [4.78, 5) is 13.3. The normalized spacial score (nSPS) is 28.9. The Bertz CT molecular complexity index is 693. The Labute approximate surface area is 159 Å². The van der Waals surface area contributed by atoms with Crippen LogP contribution in [-0.2, 0) is 21.4 Å². The van der Waals surface area contributed by atoms with Gasteiger partial charge in [-0.3, -0.25) is 4.79 Å². The summed E-state index contributed by atoms with van der Waals surface area (Å²) >= 11 is 1.19. The molecule has 2 aliphatic carbocycles. The van der Waals surface area contributed by atoms with Gasteiger partial charge in [-0.1, -0.05) is 6.42 Å². The van der Waals surface area contributed by atoms with E-state index in [2.05, 4.69) is 10.0 Å². The minimum Gasteiger partial charge on any atom is -0.351 e. The predicted molar refractivity (Wildman–Crippen MR) is 101 cm³/mol. The highest BCUT2D eigenvalue weighted by atomic mass is 35.5. The first-order chi connectivity index (χ1) is 11.4. The van der Waals surface area contributed by atoms with E-state index in [1.54, 1.807) is 12.1 Å². The van der Waals surface area contributed by atoms with Gasteiger partial charge in [0.1, 0.15) is 4.21 Å². The van der Waals surface area contributed by atoms with Gasteiger partial charge in [-0.2, -0.15) is 0 Å². The smallest absolute Gasteiger partial charge is 0.249 e. The van der Waals surface area contributed by atoms with Crippen LogP contribution >= 0.6 is 23.7 Å². The number of thiophene rings is 1. The molecule has 2 atom stereocenters. The van der Waals surface area contributed by atoms with E-state index in [-0.39, 0.29) is 34.5 Å². The summed E-state index contributed by atoms with van der Waals surface area (Å²) in [5, 5.41) is 2.97. The molecule has 0 spiro atoms. The first-order valence-corrected chi connectivity index (χ1v) is 10.8. The lowest BCUT2D eigenvalue weighted by molar-refractivity contribution is -0.128. The SMILES string of the molecule is CNS(=O)(=O)c1ccc(CNC(=O)C2CC3CCCC(C2)C3N)s1.Cl. The first-order valence-electron chi connectivity index (χ1n) is 8.46. The molecule has 0 radical (unpaired) electrons. The Hall–Kier alpha value is -0.670. The Balaban J connectivity index is 0.00000225. The van der Waals surface area contributed by atoms with Crippen molar-refractivity contribution in [3.05, 3.63) is 17.0 Å². The zero-order valence-corrected chi connectivity index (χ0v) is 16.7. The fourth-order valence-electron chi connectivity index (χ4n) is 4.02. The van der Waals surface area contributed by atoms with E-state index in [4.69, 9.17) is 5.73 Å². The van der Waals surface area contributed by atoms with Crippen molar-refractivity contribution in [2.75, 3.05) is 7.05 Å². The monoisotopic (exact) mass is 407 g/mol. The second-order valence-corrected chi connectivity index (χ2v) is 10.1. The van der Waals surface area contributed by atoms with Crippen molar-refractivity contribution in [1.29, 1.82) is 0 Å². The van der Waals surface area contributed by atoms with Gasteiger partial charge in [0.05, 0.1) is 6.54 Å². The highest BCUT2D eigenvalue weighted by molar-refractivity contribution is 7.91. The number of carbonyl (C=O) groups excluding carboxylic acids is 1. The summed E-state index contributed by atoms with van der Waals surface area (Å²) in [5.74, 6) is 1.07. The van der Waals surface area contributed by atoms with Crippen molar-refractivity contribution in [3.63, 3.8) is 0 Å². The van der Waals surface area contributed by atoms with Gasteiger partial charge in [0.15, 0.2) is 0 Å². The summed E-state index contributed by atoms with van der Waals surface area (Å²) in [6.45, 7) is 0.376. The number of hydrogen-bond donors (Lipinski definition) is 3. The van der Waals surface area contributed by atoms with E-state index in [9.17, 15) is 13.2 Å². The van der Waals surface area contributed by atoms with Gasteiger partial charge in [0, 0.05) is 16.8 Å². The molecule has 25 heavy (non-hydrogen) atoms. The van der Waals surface area contributed by atoms with Crippen molar-refractivity contribution >= 4 is 39.7 Å². The molecule has 4 N–H and O–H groups in total. The fourth-order valence-corrected chi connectivity index (χ4v) is 6.15. The van der Waals surface area contributed by atoms with Gasteiger partial charge in [0.25, 0.3) is 0 Å². The van der Waals surface area contributed by atoms with Gasteiger partial charge in [0.2, 0.25) is 15.9 Å². The molecule has 2 fully saturated rings. The number of hydrogen-bond acceptors (Lipinski definition) is 5. The Morgan fingerprint density at radius 1 is 1.28 bits per heavy atom. The van der Waals surface area contributed by atoms with Gasteiger partial charge in [-0.05, 0) is 56.7 Å². The average Bonchev–Trinajstić information content (AvgIpc) is 3.02. The number of nitrogens with two attached hydrogens (primary N) is 1. The van der Waals surface area contributed by atoms with Crippen LogP contribution in [0.4, 0.5) is 0 Å². The molecule has 142 valence electrons. The maximum atomic E-state index is 12.5. The quantitative estimate of drug-likeness (QED) is 0.693. The molecule has 6 nitrogen and oxygen atoms in total. The summed E-state index contributed by atoms with van der Waals surface area (Å²) in [6, 6.07) is 3.58. The number of rotatable bonds is 5. The number of carbonyl (C=O) groups is 1. The molecule has 1 aromatic rings. The van der Waals surface area contributed by atoms with Gasteiger partial charge in [-0.15, -0.1) is 23.7 Å². The van der Waals surface area contributed by atoms with Gasteiger partial charge < -0.3 is 11.1 Å². The highest BCUT2D eigenvalue weighted by Crippen LogP contribution is 2.41. The van der Waals surface area contributed by atoms with E-state index in [1.165, 1.54) is 24.8 Å². The van der Waals surface area contributed by atoms with E-state index in [0.717, 1.165) is 30.6 Å². The third-order valence-electron chi connectivity index (χ3n) is 5.39. The molecule has 1 heterocycles. The lowest BCUT2D eigenvalue weighted by atomic mass is 9.65. The average molecular weight is 408 g/mol. The number of halogens is 1. The molecular weight excluding hydrogens is 382 g/mol. The Kier molecular flexibility index (Phi) is 6.89. The fraction of sp³-hybridized carbons (Fsp3) is 0.688. The molecule has 0 saturated heterocycles. The van der Waals surface area contributed by atoms with Crippen LogP contribution in [0.25, 0.3) is 0 Å². The van der Waals surface area contributed by atoms with Crippen LogP contribution in [0.5, 0.6) is 0 Å². The largest absolute Gasteiger partial charge is 0.351 e. The predicted octanol–water partition coefficient (Wildman–Crippen LogP) is 1.85. The molecule has 2 unspecified atom stereocenters. The second-order valence-electron chi connectivity index (χ2n) is 6.84.